The molecule has 0 bridgehead atoms. The number of halogens is 3. The first-order chi connectivity index (χ1) is 10.4. The van der Waals surface area contributed by atoms with Gasteiger partial charge < -0.3 is 9.80 Å². The Labute approximate surface area is 130 Å². The molecule has 4 nitrogen and oxygen atoms in total. The van der Waals surface area contributed by atoms with E-state index in [0.29, 0.717) is 11.4 Å². The molecule has 1 aromatic carbocycles. The lowest BCUT2D eigenvalue weighted by molar-refractivity contribution is -0.119. The number of hydrogen-bond donors (Lipinski definition) is 0. The minimum Gasteiger partial charge on any atom is -0.359 e. The Morgan fingerprint density at radius 3 is 2.59 bits per heavy atom. The highest BCUT2D eigenvalue weighted by Crippen LogP contribution is 2.34. The molecule has 0 fully saturated rings. The molecule has 1 heterocycles. The largest absolute Gasteiger partial charge is 0.405 e. The van der Waals surface area contributed by atoms with Crippen LogP contribution in [-0.2, 0) is 4.79 Å². The Morgan fingerprint density at radius 1 is 1.27 bits per heavy atom. The summed E-state index contributed by atoms with van der Waals surface area (Å²) in [6, 6.07) is 8.51. The molecule has 118 valence electrons. The van der Waals surface area contributed by atoms with E-state index < -0.39 is 12.7 Å². The van der Waals surface area contributed by atoms with Gasteiger partial charge in [0.1, 0.15) is 6.54 Å². The van der Waals surface area contributed by atoms with Crippen LogP contribution in [-0.4, -0.2) is 43.2 Å². The fourth-order valence-electron chi connectivity index (χ4n) is 2.32. The molecule has 22 heavy (non-hydrogen) atoms. The van der Waals surface area contributed by atoms with Crippen LogP contribution in [0.4, 0.5) is 24.5 Å². The van der Waals surface area contributed by atoms with Crippen molar-refractivity contribution in [3.63, 3.8) is 0 Å². The van der Waals surface area contributed by atoms with Gasteiger partial charge in [-0.15, -0.1) is 11.8 Å². The van der Waals surface area contributed by atoms with E-state index in [-0.39, 0.29) is 30.5 Å². The third kappa shape index (κ3) is 4.07. The average Bonchev–Trinajstić information content (AvgIpc) is 2.46. The maximum atomic E-state index is 12.6. The number of alkyl halides is 3. The van der Waals surface area contributed by atoms with Crippen LogP contribution in [0.1, 0.15) is 0 Å². The number of rotatable bonds is 4. The molecule has 2 rings (SSSR count). The van der Waals surface area contributed by atoms with Gasteiger partial charge in [-0.2, -0.15) is 18.4 Å². The lowest BCUT2D eigenvalue weighted by Crippen LogP contribution is -2.47. The molecule has 0 saturated heterocycles. The Hall–Kier alpha value is -1.88. The van der Waals surface area contributed by atoms with Crippen molar-refractivity contribution < 1.29 is 18.0 Å². The fraction of sp³-hybridized carbons (Fsp3) is 0.429. The first-order valence-electron chi connectivity index (χ1n) is 6.58. The first-order valence-corrected chi connectivity index (χ1v) is 7.73. The molecule has 0 unspecified atom stereocenters. The van der Waals surface area contributed by atoms with Crippen molar-refractivity contribution in [1.82, 2.24) is 0 Å². The Morgan fingerprint density at radius 2 is 1.95 bits per heavy atom. The smallest absolute Gasteiger partial charge is 0.359 e. The fourth-order valence-corrected chi connectivity index (χ4v) is 2.85. The van der Waals surface area contributed by atoms with E-state index in [1.165, 1.54) is 21.6 Å². The molecule has 8 heteroatoms. The van der Waals surface area contributed by atoms with Crippen LogP contribution in [0.2, 0.25) is 0 Å². The van der Waals surface area contributed by atoms with E-state index in [2.05, 4.69) is 0 Å². The normalized spacial score (nSPS) is 14.5. The van der Waals surface area contributed by atoms with E-state index in [9.17, 15) is 18.0 Å². The number of carbonyl (C=O) groups is 1. The van der Waals surface area contributed by atoms with Crippen molar-refractivity contribution >= 4 is 29.0 Å². The van der Waals surface area contributed by atoms with Gasteiger partial charge >= 0.3 is 6.18 Å². The van der Waals surface area contributed by atoms with Gasteiger partial charge in [0.15, 0.2) is 0 Å². The van der Waals surface area contributed by atoms with E-state index >= 15 is 0 Å². The topological polar surface area (TPSA) is 47.3 Å². The maximum Gasteiger partial charge on any atom is 0.405 e. The summed E-state index contributed by atoms with van der Waals surface area (Å²) in [7, 11) is 0. The highest BCUT2D eigenvalue weighted by molar-refractivity contribution is 8.00. The number of carbonyl (C=O) groups excluding carboxylic acids is 1. The monoisotopic (exact) mass is 329 g/mol. The molecule has 0 atom stereocenters. The van der Waals surface area contributed by atoms with Gasteiger partial charge in [-0.1, -0.05) is 12.1 Å². The summed E-state index contributed by atoms with van der Waals surface area (Å²) in [4.78, 5) is 14.9. The molecule has 0 saturated carbocycles. The van der Waals surface area contributed by atoms with Gasteiger partial charge in [-0.25, -0.2) is 0 Å². The van der Waals surface area contributed by atoms with Crippen molar-refractivity contribution in [3.05, 3.63) is 24.3 Å². The molecule has 0 aliphatic carbocycles. The first kappa shape index (κ1) is 16.5. The third-order valence-electron chi connectivity index (χ3n) is 3.17. The summed E-state index contributed by atoms with van der Waals surface area (Å²) in [5.41, 5.74) is 0.894. The van der Waals surface area contributed by atoms with Crippen molar-refractivity contribution in [1.29, 1.82) is 5.26 Å². The number of anilines is 2. The van der Waals surface area contributed by atoms with Crippen LogP contribution >= 0.6 is 11.8 Å². The average molecular weight is 329 g/mol. The molecule has 0 N–H and O–H groups in total. The van der Waals surface area contributed by atoms with Crippen LogP contribution < -0.4 is 9.80 Å². The quantitative estimate of drug-likeness (QED) is 0.797. The van der Waals surface area contributed by atoms with Crippen LogP contribution in [0.15, 0.2) is 24.3 Å². The molecule has 0 spiro atoms. The number of nitriles is 1. The summed E-state index contributed by atoms with van der Waals surface area (Å²) in [5.74, 6) is 0.155. The van der Waals surface area contributed by atoms with Crippen molar-refractivity contribution in [2.24, 2.45) is 0 Å². The van der Waals surface area contributed by atoms with Crippen LogP contribution in [0.5, 0.6) is 0 Å². The molecule has 0 radical (unpaired) electrons. The Balaban J connectivity index is 2.17. The van der Waals surface area contributed by atoms with E-state index in [1.54, 1.807) is 24.3 Å². The second-order valence-corrected chi connectivity index (χ2v) is 5.71. The number of amides is 1. The SMILES string of the molecule is N#CCSCC(=O)N1CCN(CC(F)(F)F)c2ccccc21. The van der Waals surface area contributed by atoms with Crippen LogP contribution in [0.25, 0.3) is 0 Å². The van der Waals surface area contributed by atoms with Crippen molar-refractivity contribution in [2.45, 2.75) is 6.18 Å². The summed E-state index contributed by atoms with van der Waals surface area (Å²) in [6.07, 6.45) is -4.29. The Kier molecular flexibility index (Phi) is 5.19. The van der Waals surface area contributed by atoms with Gasteiger partial charge in [-0.05, 0) is 12.1 Å². The molecule has 1 amide bonds. The maximum absolute atomic E-state index is 12.6. The van der Waals surface area contributed by atoms with Gasteiger partial charge in [0.25, 0.3) is 0 Å². The van der Waals surface area contributed by atoms with Crippen LogP contribution in [0.3, 0.4) is 0 Å². The summed E-state index contributed by atoms with van der Waals surface area (Å²) < 4.78 is 37.9. The third-order valence-corrected chi connectivity index (χ3v) is 3.95. The molecule has 1 aliphatic heterocycles. The lowest BCUT2D eigenvalue weighted by atomic mass is 10.1. The summed E-state index contributed by atoms with van der Waals surface area (Å²) >= 11 is 1.19. The summed E-state index contributed by atoms with van der Waals surface area (Å²) in [6.45, 7) is -0.695. The van der Waals surface area contributed by atoms with E-state index in [0.717, 1.165) is 0 Å². The van der Waals surface area contributed by atoms with Gasteiger partial charge in [0.05, 0.1) is 28.9 Å². The minimum absolute atomic E-state index is 0.130. The minimum atomic E-state index is -4.29. The highest BCUT2D eigenvalue weighted by atomic mass is 32.2. The zero-order valence-electron chi connectivity index (χ0n) is 11.6. The number of nitrogens with zero attached hydrogens (tertiary/aromatic N) is 3. The number of para-hydroxylation sites is 2. The zero-order chi connectivity index (χ0) is 16.2. The number of benzene rings is 1. The number of fused-ring (bicyclic) bond motifs is 1. The van der Waals surface area contributed by atoms with E-state index in [4.69, 9.17) is 5.26 Å². The molecular weight excluding hydrogens is 315 g/mol. The molecule has 1 aliphatic rings. The second kappa shape index (κ2) is 6.92. The predicted molar refractivity (Wildman–Crippen MR) is 80.0 cm³/mol. The Bertz CT molecular complexity index is 585. The van der Waals surface area contributed by atoms with Crippen molar-refractivity contribution in [3.8, 4) is 6.07 Å². The number of thioether (sulfide) groups is 1. The van der Waals surface area contributed by atoms with Crippen LogP contribution in [0, 0.1) is 11.3 Å². The molecular formula is C14H14F3N3OS. The summed E-state index contributed by atoms with van der Waals surface area (Å²) in [5, 5.41) is 8.48. The molecule has 0 aromatic heterocycles. The number of hydrogen-bond acceptors (Lipinski definition) is 4. The van der Waals surface area contributed by atoms with Gasteiger partial charge in [0.2, 0.25) is 5.91 Å². The van der Waals surface area contributed by atoms with Gasteiger partial charge in [-0.3, -0.25) is 4.79 Å². The second-order valence-electron chi connectivity index (χ2n) is 4.72. The van der Waals surface area contributed by atoms with E-state index in [1.807, 2.05) is 6.07 Å². The van der Waals surface area contributed by atoms with Gasteiger partial charge in [0, 0.05) is 13.1 Å². The highest BCUT2D eigenvalue weighted by Gasteiger charge is 2.35. The van der Waals surface area contributed by atoms with Crippen molar-refractivity contribution in [2.75, 3.05) is 40.9 Å². The standard InChI is InChI=1S/C14H14F3N3OS/c15-14(16,17)10-19-6-7-20(13(21)9-22-8-5-18)12-4-2-1-3-11(12)19/h1-4H,6-10H2. The lowest BCUT2D eigenvalue weighted by Gasteiger charge is -2.38. The zero-order valence-corrected chi connectivity index (χ0v) is 12.5. The molecule has 1 aromatic rings. The predicted octanol–water partition coefficient (Wildman–Crippen LogP) is 2.66.